The van der Waals surface area contributed by atoms with E-state index in [4.69, 9.17) is 0 Å². The van der Waals surface area contributed by atoms with E-state index in [2.05, 4.69) is 32.0 Å². The van der Waals surface area contributed by atoms with Gasteiger partial charge in [0.15, 0.2) is 0 Å². The molecule has 0 saturated heterocycles. The van der Waals surface area contributed by atoms with Crippen molar-refractivity contribution in [1.29, 1.82) is 0 Å². The van der Waals surface area contributed by atoms with E-state index in [0.29, 0.717) is 0 Å². The van der Waals surface area contributed by atoms with Gasteiger partial charge in [0.05, 0.1) is 11.8 Å². The van der Waals surface area contributed by atoms with E-state index in [1.807, 2.05) is 43.0 Å². The van der Waals surface area contributed by atoms with Gasteiger partial charge in [0.1, 0.15) is 5.82 Å². The van der Waals surface area contributed by atoms with Crippen LogP contribution in [0.3, 0.4) is 0 Å². The molecule has 3 rings (SSSR count). The van der Waals surface area contributed by atoms with Crippen LogP contribution in [-0.4, -0.2) is 21.1 Å². The molecule has 1 N–H and O–H groups in total. The van der Waals surface area contributed by atoms with Gasteiger partial charge in [-0.25, -0.2) is 9.97 Å². The number of unbranched alkanes of at least 4 members (excludes halogenated alkanes) is 1. The maximum Gasteiger partial charge on any atom is 0.126 e. The lowest BCUT2D eigenvalue weighted by Gasteiger charge is -2.07. The molecule has 2 heterocycles. The Labute approximate surface area is 118 Å². The van der Waals surface area contributed by atoms with E-state index in [9.17, 15) is 0 Å². The van der Waals surface area contributed by atoms with E-state index in [1.165, 1.54) is 5.39 Å². The third-order valence-electron chi connectivity index (χ3n) is 3.31. The fraction of sp³-hybridized carbons (Fsp3) is 0.250. The molecule has 0 unspecified atom stereocenters. The van der Waals surface area contributed by atoms with Crippen LogP contribution in [-0.2, 0) is 6.54 Å². The number of anilines is 1. The number of hydrogen-bond donors (Lipinski definition) is 1. The number of para-hydroxylation sites is 1. The average Bonchev–Trinajstić information content (AvgIpc) is 3.00. The standard InChI is InChI=1S/C16H18N4/c1-2-6-15-14(5-1)7-8-16(19-15)18-9-3-4-11-20-12-10-17-13-20/h1-2,5-8,10,12-13H,3-4,9,11H2,(H,18,19). The minimum Gasteiger partial charge on any atom is -0.370 e. The normalized spacial score (nSPS) is 10.8. The molecule has 102 valence electrons. The summed E-state index contributed by atoms with van der Waals surface area (Å²) in [5.41, 5.74) is 1.04. The quantitative estimate of drug-likeness (QED) is 0.696. The molecule has 20 heavy (non-hydrogen) atoms. The molecule has 1 aromatic carbocycles. The number of rotatable bonds is 6. The average molecular weight is 266 g/mol. The summed E-state index contributed by atoms with van der Waals surface area (Å²) in [7, 11) is 0. The summed E-state index contributed by atoms with van der Waals surface area (Å²) in [6, 6.07) is 12.3. The van der Waals surface area contributed by atoms with Crippen molar-refractivity contribution in [2.45, 2.75) is 19.4 Å². The predicted octanol–water partition coefficient (Wildman–Crippen LogP) is 3.32. The predicted molar refractivity (Wildman–Crippen MR) is 81.7 cm³/mol. The molecule has 2 aromatic heterocycles. The maximum atomic E-state index is 4.60. The van der Waals surface area contributed by atoms with Gasteiger partial charge >= 0.3 is 0 Å². The van der Waals surface area contributed by atoms with Crippen molar-refractivity contribution in [1.82, 2.24) is 14.5 Å². The third-order valence-corrected chi connectivity index (χ3v) is 3.31. The van der Waals surface area contributed by atoms with Crippen molar-refractivity contribution in [2.24, 2.45) is 0 Å². The molecule has 3 aromatic rings. The minimum atomic E-state index is 0.944. The molecule has 4 nitrogen and oxygen atoms in total. The summed E-state index contributed by atoms with van der Waals surface area (Å²) < 4.78 is 2.11. The number of hydrogen-bond acceptors (Lipinski definition) is 3. The second-order valence-electron chi connectivity index (χ2n) is 4.82. The molecule has 0 amide bonds. The molecular formula is C16H18N4. The SMILES string of the molecule is c1ccc2nc(NCCCCn3ccnc3)ccc2c1. The summed E-state index contributed by atoms with van der Waals surface area (Å²) in [5, 5.41) is 4.56. The van der Waals surface area contributed by atoms with Crippen LogP contribution in [0.5, 0.6) is 0 Å². The second-order valence-corrected chi connectivity index (χ2v) is 4.82. The van der Waals surface area contributed by atoms with Gasteiger partial charge in [-0.3, -0.25) is 0 Å². The second kappa shape index (κ2) is 6.19. The Balaban J connectivity index is 1.47. The zero-order valence-electron chi connectivity index (χ0n) is 11.4. The molecule has 0 saturated carbocycles. The maximum absolute atomic E-state index is 4.60. The molecule has 0 bridgehead atoms. The molecule has 0 radical (unpaired) electrons. The van der Waals surface area contributed by atoms with Gasteiger partial charge in [0, 0.05) is 30.9 Å². The van der Waals surface area contributed by atoms with Gasteiger partial charge < -0.3 is 9.88 Å². The Kier molecular flexibility index (Phi) is 3.92. The van der Waals surface area contributed by atoms with E-state index in [1.54, 1.807) is 0 Å². The fourth-order valence-corrected chi connectivity index (χ4v) is 2.22. The molecular weight excluding hydrogens is 248 g/mol. The fourth-order valence-electron chi connectivity index (χ4n) is 2.22. The lowest BCUT2D eigenvalue weighted by Crippen LogP contribution is -2.05. The Morgan fingerprint density at radius 3 is 2.90 bits per heavy atom. The van der Waals surface area contributed by atoms with Crippen LogP contribution in [0.4, 0.5) is 5.82 Å². The van der Waals surface area contributed by atoms with Gasteiger partial charge in [0.25, 0.3) is 0 Å². The first-order valence-corrected chi connectivity index (χ1v) is 6.97. The number of benzene rings is 1. The molecule has 0 aliphatic rings. The van der Waals surface area contributed by atoms with Crippen molar-refractivity contribution in [3.05, 3.63) is 55.1 Å². The Hall–Kier alpha value is -2.36. The number of pyridine rings is 1. The van der Waals surface area contributed by atoms with Crippen LogP contribution < -0.4 is 5.32 Å². The van der Waals surface area contributed by atoms with Crippen LogP contribution in [0, 0.1) is 0 Å². The number of nitrogens with zero attached hydrogens (tertiary/aromatic N) is 3. The van der Waals surface area contributed by atoms with Crippen molar-refractivity contribution in [2.75, 3.05) is 11.9 Å². The lowest BCUT2D eigenvalue weighted by atomic mass is 10.2. The lowest BCUT2D eigenvalue weighted by molar-refractivity contribution is 0.621. The zero-order valence-corrected chi connectivity index (χ0v) is 11.4. The molecule has 0 spiro atoms. The highest BCUT2D eigenvalue weighted by Crippen LogP contribution is 2.14. The van der Waals surface area contributed by atoms with Gasteiger partial charge in [-0.1, -0.05) is 18.2 Å². The van der Waals surface area contributed by atoms with E-state index < -0.39 is 0 Å². The number of aromatic nitrogens is 3. The first kappa shape index (κ1) is 12.7. The first-order chi connectivity index (χ1) is 9.92. The highest BCUT2D eigenvalue weighted by atomic mass is 15.0. The summed E-state index contributed by atoms with van der Waals surface area (Å²) >= 11 is 0. The van der Waals surface area contributed by atoms with Gasteiger partial charge in [0.2, 0.25) is 0 Å². The zero-order chi connectivity index (χ0) is 13.6. The number of nitrogens with one attached hydrogen (secondary N) is 1. The number of aryl methyl sites for hydroxylation is 1. The Bertz CT molecular complexity index is 661. The minimum absolute atomic E-state index is 0.944. The van der Waals surface area contributed by atoms with Crippen molar-refractivity contribution in [3.63, 3.8) is 0 Å². The first-order valence-electron chi connectivity index (χ1n) is 6.97. The molecule has 0 atom stereocenters. The van der Waals surface area contributed by atoms with Crippen molar-refractivity contribution < 1.29 is 0 Å². The van der Waals surface area contributed by atoms with Crippen LogP contribution in [0.25, 0.3) is 10.9 Å². The highest BCUT2D eigenvalue weighted by Gasteiger charge is 1.97. The molecule has 0 aliphatic heterocycles. The topological polar surface area (TPSA) is 42.7 Å². The van der Waals surface area contributed by atoms with Crippen LogP contribution in [0.15, 0.2) is 55.1 Å². The number of imidazole rings is 1. The Morgan fingerprint density at radius 2 is 2.00 bits per heavy atom. The monoisotopic (exact) mass is 266 g/mol. The number of fused-ring (bicyclic) bond motifs is 1. The molecule has 0 aliphatic carbocycles. The summed E-state index contributed by atoms with van der Waals surface area (Å²) in [6.07, 6.45) is 7.93. The highest BCUT2D eigenvalue weighted by molar-refractivity contribution is 5.79. The van der Waals surface area contributed by atoms with Crippen LogP contribution in [0.1, 0.15) is 12.8 Å². The third kappa shape index (κ3) is 3.15. The summed E-state index contributed by atoms with van der Waals surface area (Å²) in [4.78, 5) is 8.63. The van der Waals surface area contributed by atoms with E-state index in [-0.39, 0.29) is 0 Å². The Morgan fingerprint density at radius 1 is 1.05 bits per heavy atom. The van der Waals surface area contributed by atoms with Gasteiger partial charge in [-0.2, -0.15) is 0 Å². The van der Waals surface area contributed by atoms with Crippen molar-refractivity contribution in [3.8, 4) is 0 Å². The van der Waals surface area contributed by atoms with E-state index in [0.717, 1.165) is 37.3 Å². The molecule has 0 fully saturated rings. The van der Waals surface area contributed by atoms with Gasteiger partial charge in [-0.05, 0) is 31.0 Å². The largest absolute Gasteiger partial charge is 0.370 e. The summed E-state index contributed by atoms with van der Waals surface area (Å²) in [6.45, 7) is 1.97. The van der Waals surface area contributed by atoms with Crippen molar-refractivity contribution >= 4 is 16.7 Å². The smallest absolute Gasteiger partial charge is 0.126 e. The van der Waals surface area contributed by atoms with Crippen LogP contribution in [0.2, 0.25) is 0 Å². The summed E-state index contributed by atoms with van der Waals surface area (Å²) in [5.74, 6) is 0.950. The van der Waals surface area contributed by atoms with Crippen LogP contribution >= 0.6 is 0 Å². The molecule has 4 heteroatoms. The van der Waals surface area contributed by atoms with Gasteiger partial charge in [-0.15, -0.1) is 0 Å². The van der Waals surface area contributed by atoms with E-state index >= 15 is 0 Å².